The van der Waals surface area contributed by atoms with Crippen LogP contribution in [-0.4, -0.2) is 25.7 Å². The molecule has 1 aromatic carbocycles. The lowest BCUT2D eigenvalue weighted by molar-refractivity contribution is -0.150. The fourth-order valence-corrected chi connectivity index (χ4v) is 2.00. The summed E-state index contributed by atoms with van der Waals surface area (Å²) in [6, 6.07) is 5.85. The number of rotatable bonds is 6. The van der Waals surface area contributed by atoms with Crippen LogP contribution in [0.2, 0.25) is 0 Å². The summed E-state index contributed by atoms with van der Waals surface area (Å²) in [4.78, 5) is 11.6. The van der Waals surface area contributed by atoms with Crippen molar-refractivity contribution in [1.29, 1.82) is 0 Å². The number of carbonyl (C=O) groups is 1. The maximum absolute atomic E-state index is 11.6. The highest BCUT2D eigenvalue weighted by molar-refractivity contribution is 9.10. The van der Waals surface area contributed by atoms with Crippen molar-refractivity contribution in [2.24, 2.45) is 0 Å². The Morgan fingerprint density at radius 1 is 1.42 bits per heavy atom. The van der Waals surface area contributed by atoms with Crippen molar-refractivity contribution in [3.8, 4) is 5.75 Å². The van der Waals surface area contributed by atoms with Gasteiger partial charge < -0.3 is 14.8 Å². The fourth-order valence-electron chi connectivity index (χ4n) is 1.62. The van der Waals surface area contributed by atoms with Crippen LogP contribution in [0, 0.1) is 0 Å². The quantitative estimate of drug-likeness (QED) is 0.815. The molecule has 1 N–H and O–H groups in total. The molecule has 0 aliphatic rings. The molecule has 106 valence electrons. The van der Waals surface area contributed by atoms with Crippen LogP contribution >= 0.6 is 15.9 Å². The van der Waals surface area contributed by atoms with Gasteiger partial charge in [-0.3, -0.25) is 0 Å². The van der Waals surface area contributed by atoms with Gasteiger partial charge in [-0.15, -0.1) is 0 Å². The summed E-state index contributed by atoms with van der Waals surface area (Å²) in [6.45, 7) is 5.85. The topological polar surface area (TPSA) is 47.6 Å². The zero-order valence-corrected chi connectivity index (χ0v) is 13.3. The number of carbonyl (C=O) groups excluding carboxylic acids is 1. The third kappa shape index (κ3) is 4.51. The van der Waals surface area contributed by atoms with Gasteiger partial charge in [0.25, 0.3) is 0 Å². The lowest BCUT2D eigenvalue weighted by Gasteiger charge is -2.19. The summed E-state index contributed by atoms with van der Waals surface area (Å²) in [7, 11) is 1.88. The van der Waals surface area contributed by atoms with Gasteiger partial charge in [-0.25, -0.2) is 4.79 Å². The molecule has 4 nitrogen and oxygen atoms in total. The van der Waals surface area contributed by atoms with Gasteiger partial charge in [0.05, 0.1) is 6.61 Å². The SMILES string of the molecule is CCOC(=O)C(C)Oc1ccc(Br)cc1C(C)NC. The smallest absolute Gasteiger partial charge is 0.347 e. The van der Waals surface area contributed by atoms with Gasteiger partial charge in [-0.1, -0.05) is 15.9 Å². The minimum absolute atomic E-state index is 0.127. The van der Waals surface area contributed by atoms with Crippen molar-refractivity contribution >= 4 is 21.9 Å². The van der Waals surface area contributed by atoms with Crippen molar-refractivity contribution in [2.75, 3.05) is 13.7 Å². The van der Waals surface area contributed by atoms with E-state index in [1.54, 1.807) is 13.8 Å². The van der Waals surface area contributed by atoms with Crippen LogP contribution < -0.4 is 10.1 Å². The summed E-state index contributed by atoms with van der Waals surface area (Å²) in [5, 5.41) is 3.16. The summed E-state index contributed by atoms with van der Waals surface area (Å²) in [5.41, 5.74) is 0.994. The number of hydrogen-bond donors (Lipinski definition) is 1. The predicted octanol–water partition coefficient (Wildman–Crippen LogP) is 3.06. The van der Waals surface area contributed by atoms with Crippen molar-refractivity contribution in [3.63, 3.8) is 0 Å². The van der Waals surface area contributed by atoms with Crippen molar-refractivity contribution in [1.82, 2.24) is 5.32 Å². The van der Waals surface area contributed by atoms with Crippen molar-refractivity contribution in [2.45, 2.75) is 32.9 Å². The van der Waals surface area contributed by atoms with Crippen LogP contribution in [-0.2, 0) is 9.53 Å². The van der Waals surface area contributed by atoms with Crippen LogP contribution in [0.25, 0.3) is 0 Å². The molecule has 1 aromatic rings. The lowest BCUT2D eigenvalue weighted by Crippen LogP contribution is -2.27. The lowest BCUT2D eigenvalue weighted by atomic mass is 10.1. The molecule has 0 spiro atoms. The molecule has 2 unspecified atom stereocenters. The molecule has 0 saturated heterocycles. The molecule has 0 heterocycles. The highest BCUT2D eigenvalue weighted by atomic mass is 79.9. The second-order valence-electron chi connectivity index (χ2n) is 4.20. The first-order valence-corrected chi connectivity index (χ1v) is 7.08. The summed E-state index contributed by atoms with van der Waals surface area (Å²) in [6.07, 6.45) is -0.621. The van der Waals surface area contributed by atoms with Crippen LogP contribution in [0.15, 0.2) is 22.7 Å². The minimum atomic E-state index is -0.621. The van der Waals surface area contributed by atoms with E-state index in [0.29, 0.717) is 12.4 Å². The molecule has 0 saturated carbocycles. The normalized spacial score (nSPS) is 13.7. The second-order valence-corrected chi connectivity index (χ2v) is 5.12. The highest BCUT2D eigenvalue weighted by Crippen LogP contribution is 2.29. The van der Waals surface area contributed by atoms with Gasteiger partial charge in [-0.2, -0.15) is 0 Å². The zero-order chi connectivity index (χ0) is 14.4. The predicted molar refractivity (Wildman–Crippen MR) is 78.3 cm³/mol. The molecule has 0 aliphatic heterocycles. The molecule has 1 rings (SSSR count). The van der Waals surface area contributed by atoms with Crippen LogP contribution in [0.1, 0.15) is 32.4 Å². The van der Waals surface area contributed by atoms with Gasteiger partial charge in [0.15, 0.2) is 6.10 Å². The molecule has 0 bridgehead atoms. The van der Waals surface area contributed by atoms with E-state index in [9.17, 15) is 4.79 Å². The Balaban J connectivity index is 2.91. The van der Waals surface area contributed by atoms with Crippen LogP contribution in [0.4, 0.5) is 0 Å². The van der Waals surface area contributed by atoms with E-state index in [1.807, 2.05) is 32.2 Å². The summed E-state index contributed by atoms with van der Waals surface area (Å²) < 4.78 is 11.6. The average molecular weight is 330 g/mol. The Morgan fingerprint density at radius 3 is 2.68 bits per heavy atom. The van der Waals surface area contributed by atoms with Crippen LogP contribution in [0.5, 0.6) is 5.75 Å². The van der Waals surface area contributed by atoms with E-state index in [-0.39, 0.29) is 12.0 Å². The van der Waals surface area contributed by atoms with E-state index in [4.69, 9.17) is 9.47 Å². The Morgan fingerprint density at radius 2 is 2.11 bits per heavy atom. The second kappa shape index (κ2) is 7.50. The van der Waals surface area contributed by atoms with Gasteiger partial charge in [0.1, 0.15) is 5.75 Å². The standard InChI is InChI=1S/C14H20BrNO3/c1-5-18-14(17)10(3)19-13-7-6-11(15)8-12(13)9(2)16-4/h6-10,16H,5H2,1-4H3. The van der Waals surface area contributed by atoms with E-state index in [1.165, 1.54) is 0 Å². The third-order valence-electron chi connectivity index (χ3n) is 2.79. The number of nitrogens with one attached hydrogen (secondary N) is 1. The summed E-state index contributed by atoms with van der Waals surface area (Å²) in [5.74, 6) is 0.332. The fraction of sp³-hybridized carbons (Fsp3) is 0.500. The Labute approximate surface area is 122 Å². The van der Waals surface area contributed by atoms with Gasteiger partial charge in [-0.05, 0) is 46.0 Å². The number of benzene rings is 1. The molecule has 2 atom stereocenters. The maximum Gasteiger partial charge on any atom is 0.347 e. The molecule has 0 fully saturated rings. The molecule has 0 radical (unpaired) electrons. The van der Waals surface area contributed by atoms with Gasteiger partial charge >= 0.3 is 5.97 Å². The largest absolute Gasteiger partial charge is 0.479 e. The van der Waals surface area contributed by atoms with Crippen molar-refractivity contribution in [3.05, 3.63) is 28.2 Å². The number of ether oxygens (including phenoxy) is 2. The molecule has 19 heavy (non-hydrogen) atoms. The average Bonchev–Trinajstić information content (AvgIpc) is 2.40. The highest BCUT2D eigenvalue weighted by Gasteiger charge is 2.19. The van der Waals surface area contributed by atoms with Crippen LogP contribution in [0.3, 0.4) is 0 Å². The molecular weight excluding hydrogens is 310 g/mol. The first kappa shape index (κ1) is 16.0. The zero-order valence-electron chi connectivity index (χ0n) is 11.7. The first-order valence-electron chi connectivity index (χ1n) is 6.29. The van der Waals surface area contributed by atoms with E-state index < -0.39 is 6.10 Å². The first-order chi connectivity index (χ1) is 8.99. The Kier molecular flexibility index (Phi) is 6.31. The molecule has 5 heteroatoms. The number of esters is 1. The Hall–Kier alpha value is -1.07. The molecule has 0 amide bonds. The van der Waals surface area contributed by atoms with Crippen molar-refractivity contribution < 1.29 is 14.3 Å². The van der Waals surface area contributed by atoms with Gasteiger partial charge in [0.2, 0.25) is 0 Å². The maximum atomic E-state index is 11.6. The van der Waals surface area contributed by atoms with E-state index in [2.05, 4.69) is 21.2 Å². The summed E-state index contributed by atoms with van der Waals surface area (Å²) >= 11 is 3.44. The van der Waals surface area contributed by atoms with E-state index in [0.717, 1.165) is 10.0 Å². The Bertz CT molecular complexity index is 437. The monoisotopic (exact) mass is 329 g/mol. The molecule has 0 aromatic heterocycles. The number of halogens is 1. The third-order valence-corrected chi connectivity index (χ3v) is 3.29. The van der Waals surface area contributed by atoms with Gasteiger partial charge in [0, 0.05) is 16.1 Å². The van der Waals surface area contributed by atoms with E-state index >= 15 is 0 Å². The molecule has 0 aliphatic carbocycles. The number of hydrogen-bond acceptors (Lipinski definition) is 4. The minimum Gasteiger partial charge on any atom is -0.479 e. The molecular formula is C14H20BrNO3.